The van der Waals surface area contributed by atoms with Gasteiger partial charge in [0.2, 0.25) is 0 Å². The van der Waals surface area contributed by atoms with Gasteiger partial charge in [-0.1, -0.05) is 170 Å². The Bertz CT molecular complexity index is 3480. The average molecular weight is 794 g/mol. The molecule has 5 heteroatoms. The van der Waals surface area contributed by atoms with E-state index < -0.39 is 0 Å². The molecular weight excluding hydrogens is 755 g/mol. The average Bonchev–Trinajstić information content (AvgIpc) is 3.87. The molecular formula is C57H39N5. The van der Waals surface area contributed by atoms with Crippen LogP contribution in [0.1, 0.15) is 12.5 Å². The molecule has 0 spiro atoms. The lowest BCUT2D eigenvalue weighted by atomic mass is 10.0. The Balaban J connectivity index is 0.911. The largest absolute Gasteiger partial charge is 0.333 e. The maximum atomic E-state index is 4.98. The number of aromatic nitrogens is 5. The highest BCUT2D eigenvalue weighted by atomic mass is 15.0. The molecule has 0 amide bonds. The third-order valence-electron chi connectivity index (χ3n) is 12.3. The maximum Gasteiger partial charge on any atom is 0.164 e. The molecule has 11 aromatic rings. The zero-order chi connectivity index (χ0) is 41.0. The van der Waals surface area contributed by atoms with Gasteiger partial charge in [0.25, 0.3) is 0 Å². The van der Waals surface area contributed by atoms with Gasteiger partial charge in [0.15, 0.2) is 17.5 Å². The summed E-state index contributed by atoms with van der Waals surface area (Å²) in [6.07, 6.45) is 9.90. The number of benzene rings is 8. The van der Waals surface area contributed by atoms with Gasteiger partial charge < -0.3 is 9.13 Å². The van der Waals surface area contributed by atoms with Crippen LogP contribution in [0.15, 0.2) is 218 Å². The molecule has 292 valence electrons. The lowest BCUT2D eigenvalue weighted by Crippen LogP contribution is -2.06. The SMILES string of the molecule is C1=CCC(n2c3ccccc3c3ccc(-c4ccc5c(c4)c4ccccc4n5-c4ccc(-c5cccc(-c6nc(-c7ccccc7)nc(-c7ccccc7)n6)c5)cc4)cc32)C=C1. The van der Waals surface area contributed by atoms with Crippen LogP contribution >= 0.6 is 0 Å². The van der Waals surface area contributed by atoms with Crippen molar-refractivity contribution in [2.24, 2.45) is 0 Å². The number of fused-ring (bicyclic) bond motifs is 6. The number of hydrogen-bond acceptors (Lipinski definition) is 3. The normalized spacial score (nSPS) is 13.8. The fourth-order valence-electron chi connectivity index (χ4n) is 9.30. The van der Waals surface area contributed by atoms with Gasteiger partial charge >= 0.3 is 0 Å². The van der Waals surface area contributed by atoms with Crippen molar-refractivity contribution in [3.63, 3.8) is 0 Å². The molecule has 0 bridgehead atoms. The Morgan fingerprint density at radius 2 is 0.887 bits per heavy atom. The molecule has 0 fully saturated rings. The molecule has 1 aliphatic rings. The summed E-state index contributed by atoms with van der Waals surface area (Å²) in [6, 6.07) is 69.4. The van der Waals surface area contributed by atoms with Crippen LogP contribution in [0.5, 0.6) is 0 Å². The molecule has 12 rings (SSSR count). The molecule has 0 aliphatic heterocycles. The zero-order valence-electron chi connectivity index (χ0n) is 33.8. The topological polar surface area (TPSA) is 48.5 Å². The van der Waals surface area contributed by atoms with E-state index in [0.29, 0.717) is 17.5 Å². The van der Waals surface area contributed by atoms with Crippen LogP contribution in [-0.4, -0.2) is 24.1 Å². The van der Waals surface area contributed by atoms with E-state index in [1.54, 1.807) is 0 Å². The first-order chi connectivity index (χ1) is 30.7. The molecule has 0 saturated carbocycles. The van der Waals surface area contributed by atoms with Gasteiger partial charge in [0, 0.05) is 49.4 Å². The van der Waals surface area contributed by atoms with Gasteiger partial charge in [0.05, 0.1) is 22.6 Å². The van der Waals surface area contributed by atoms with Crippen LogP contribution < -0.4 is 0 Å². The molecule has 0 N–H and O–H groups in total. The Labute approximate surface area is 359 Å². The van der Waals surface area contributed by atoms with Crippen LogP contribution in [0.3, 0.4) is 0 Å². The Hall–Kier alpha value is -8.15. The van der Waals surface area contributed by atoms with Crippen LogP contribution in [0.4, 0.5) is 0 Å². The molecule has 1 aliphatic carbocycles. The number of para-hydroxylation sites is 2. The highest BCUT2D eigenvalue weighted by molar-refractivity contribution is 6.12. The summed E-state index contributed by atoms with van der Waals surface area (Å²) in [5.41, 5.74) is 13.5. The van der Waals surface area contributed by atoms with Crippen LogP contribution in [-0.2, 0) is 0 Å². The molecule has 3 heterocycles. The minimum Gasteiger partial charge on any atom is -0.333 e. The lowest BCUT2D eigenvalue weighted by Gasteiger charge is -2.18. The summed E-state index contributed by atoms with van der Waals surface area (Å²) in [5, 5.41) is 5.06. The maximum absolute atomic E-state index is 4.98. The van der Waals surface area contributed by atoms with Crippen LogP contribution in [0.25, 0.3) is 106 Å². The first kappa shape index (κ1) is 35.8. The van der Waals surface area contributed by atoms with E-state index in [9.17, 15) is 0 Å². The first-order valence-electron chi connectivity index (χ1n) is 21.2. The molecule has 0 saturated heterocycles. The van der Waals surface area contributed by atoms with E-state index in [-0.39, 0.29) is 6.04 Å². The van der Waals surface area contributed by atoms with Gasteiger partial charge in [0.1, 0.15) is 0 Å². The van der Waals surface area contributed by atoms with Crippen molar-refractivity contribution < 1.29 is 0 Å². The third-order valence-corrected chi connectivity index (χ3v) is 12.3. The molecule has 3 aromatic heterocycles. The van der Waals surface area contributed by atoms with Gasteiger partial charge in [-0.25, -0.2) is 15.0 Å². The van der Waals surface area contributed by atoms with E-state index >= 15 is 0 Å². The van der Waals surface area contributed by atoms with E-state index in [1.165, 1.54) is 54.7 Å². The second kappa shape index (κ2) is 14.8. The molecule has 5 nitrogen and oxygen atoms in total. The van der Waals surface area contributed by atoms with Crippen molar-refractivity contribution in [2.45, 2.75) is 12.5 Å². The number of rotatable bonds is 7. The van der Waals surface area contributed by atoms with Gasteiger partial charge in [-0.05, 0) is 77.2 Å². The highest BCUT2D eigenvalue weighted by Gasteiger charge is 2.19. The first-order valence-corrected chi connectivity index (χ1v) is 21.2. The lowest BCUT2D eigenvalue weighted by molar-refractivity contribution is 0.648. The fraction of sp³-hybridized carbons (Fsp3) is 0.0351. The summed E-state index contributed by atoms with van der Waals surface area (Å²) < 4.78 is 4.91. The van der Waals surface area contributed by atoms with E-state index in [0.717, 1.165) is 39.9 Å². The quantitative estimate of drug-likeness (QED) is 0.161. The predicted molar refractivity (Wildman–Crippen MR) is 256 cm³/mol. The molecule has 1 unspecified atom stereocenters. The van der Waals surface area contributed by atoms with E-state index in [2.05, 4.69) is 167 Å². The van der Waals surface area contributed by atoms with E-state index in [4.69, 9.17) is 15.0 Å². The van der Waals surface area contributed by atoms with Crippen molar-refractivity contribution in [2.75, 3.05) is 0 Å². The standard InChI is InChI=1S/C57H39N5/c1-4-15-39(16-5-1)55-58-56(40-17-6-2-7-18-40)60-57(59-55)44-20-14-19-41(35-44)38-27-31-46(32-28-38)61-52-26-13-11-24-48(52)50-36-42(30-34-53(50)61)43-29-33-49-47-23-10-12-25-51(47)62(54(49)37-43)45-21-8-3-9-22-45/h1-21,23-37,45H,22H2. The van der Waals surface area contributed by atoms with Crippen molar-refractivity contribution >= 4 is 43.6 Å². The van der Waals surface area contributed by atoms with Crippen LogP contribution in [0.2, 0.25) is 0 Å². The Morgan fingerprint density at radius 1 is 0.355 bits per heavy atom. The molecule has 1 atom stereocenters. The second-order valence-electron chi connectivity index (χ2n) is 16.0. The second-order valence-corrected chi connectivity index (χ2v) is 16.0. The summed E-state index contributed by atoms with van der Waals surface area (Å²) in [4.78, 5) is 14.8. The smallest absolute Gasteiger partial charge is 0.164 e. The predicted octanol–water partition coefficient (Wildman–Crippen LogP) is 14.5. The molecule has 62 heavy (non-hydrogen) atoms. The number of allylic oxidation sites excluding steroid dienone is 4. The van der Waals surface area contributed by atoms with E-state index in [1.807, 2.05) is 60.7 Å². The van der Waals surface area contributed by atoms with Gasteiger partial charge in [-0.3, -0.25) is 0 Å². The summed E-state index contributed by atoms with van der Waals surface area (Å²) in [6.45, 7) is 0. The van der Waals surface area contributed by atoms with Crippen molar-refractivity contribution in [3.05, 3.63) is 218 Å². The number of hydrogen-bond donors (Lipinski definition) is 0. The Kier molecular flexibility index (Phi) is 8.56. The minimum atomic E-state index is 0.283. The fourth-order valence-corrected chi connectivity index (χ4v) is 9.30. The highest BCUT2D eigenvalue weighted by Crippen LogP contribution is 2.39. The minimum absolute atomic E-state index is 0.283. The van der Waals surface area contributed by atoms with Crippen molar-refractivity contribution in [1.29, 1.82) is 0 Å². The van der Waals surface area contributed by atoms with Gasteiger partial charge in [-0.2, -0.15) is 0 Å². The monoisotopic (exact) mass is 793 g/mol. The molecule has 8 aromatic carbocycles. The van der Waals surface area contributed by atoms with Crippen molar-refractivity contribution in [1.82, 2.24) is 24.1 Å². The third kappa shape index (κ3) is 6.13. The number of nitrogens with zero attached hydrogens (tertiary/aromatic N) is 5. The summed E-state index contributed by atoms with van der Waals surface area (Å²) in [7, 11) is 0. The Morgan fingerprint density at radius 3 is 1.60 bits per heavy atom. The van der Waals surface area contributed by atoms with Crippen LogP contribution in [0, 0.1) is 0 Å². The molecule has 0 radical (unpaired) electrons. The zero-order valence-corrected chi connectivity index (χ0v) is 33.8. The van der Waals surface area contributed by atoms with Gasteiger partial charge in [-0.15, -0.1) is 0 Å². The van der Waals surface area contributed by atoms with Crippen molar-refractivity contribution in [3.8, 4) is 62.1 Å². The summed E-state index contributed by atoms with van der Waals surface area (Å²) >= 11 is 0. The summed E-state index contributed by atoms with van der Waals surface area (Å²) in [5.74, 6) is 1.94.